The van der Waals surface area contributed by atoms with Crippen molar-refractivity contribution in [3.63, 3.8) is 0 Å². The van der Waals surface area contributed by atoms with Crippen LogP contribution in [0.1, 0.15) is 28.7 Å². The molecule has 0 aliphatic carbocycles. The third kappa shape index (κ3) is 2.80. The van der Waals surface area contributed by atoms with E-state index in [2.05, 4.69) is 32.9 Å². The lowest BCUT2D eigenvalue weighted by molar-refractivity contribution is 0.111. The molecule has 0 N–H and O–H groups in total. The maximum absolute atomic E-state index is 11.8. The van der Waals surface area contributed by atoms with Crippen molar-refractivity contribution in [2.75, 3.05) is 7.11 Å². The summed E-state index contributed by atoms with van der Waals surface area (Å²) < 4.78 is 7.97. The number of rotatable bonds is 5. The van der Waals surface area contributed by atoms with Crippen molar-refractivity contribution in [3.05, 3.63) is 52.0 Å². The zero-order valence-electron chi connectivity index (χ0n) is 12.9. The molecule has 0 aromatic carbocycles. The van der Waals surface area contributed by atoms with Crippen LogP contribution in [0.15, 0.2) is 35.1 Å². The monoisotopic (exact) mass is 373 g/mol. The van der Waals surface area contributed by atoms with Crippen molar-refractivity contribution in [3.8, 4) is 11.1 Å². The number of carbonyl (C=O) groups excluding carboxylic acids is 1. The quantitative estimate of drug-likeness (QED) is 0.640. The Kier molecular flexibility index (Phi) is 4.54. The first-order valence-electron chi connectivity index (χ1n) is 7.28. The zero-order chi connectivity index (χ0) is 16.4. The van der Waals surface area contributed by atoms with Crippen molar-refractivity contribution in [2.45, 2.75) is 20.0 Å². The van der Waals surface area contributed by atoms with Crippen LogP contribution in [0.4, 0.5) is 0 Å². The normalized spacial score (nSPS) is 11.1. The molecule has 0 saturated carbocycles. The smallest absolute Gasteiger partial charge is 0.152 e. The summed E-state index contributed by atoms with van der Waals surface area (Å²) in [5, 5.41) is 4.60. The second kappa shape index (κ2) is 6.60. The summed E-state index contributed by atoms with van der Waals surface area (Å²) in [4.78, 5) is 16.0. The van der Waals surface area contributed by atoms with Crippen molar-refractivity contribution >= 4 is 27.7 Å². The van der Waals surface area contributed by atoms with Crippen LogP contribution < -0.4 is 0 Å². The summed E-state index contributed by atoms with van der Waals surface area (Å²) in [6, 6.07) is 5.97. The molecule has 0 aliphatic rings. The summed E-state index contributed by atoms with van der Waals surface area (Å²) >= 11 is 3.44. The van der Waals surface area contributed by atoms with Gasteiger partial charge in [-0.15, -0.1) is 0 Å². The predicted octanol–water partition coefficient (Wildman–Crippen LogP) is 3.68. The van der Waals surface area contributed by atoms with Crippen LogP contribution in [-0.2, 0) is 17.8 Å². The Labute approximate surface area is 142 Å². The van der Waals surface area contributed by atoms with Crippen LogP contribution in [0.3, 0.4) is 0 Å². The molecule has 5 nitrogen and oxygen atoms in total. The number of carbonyl (C=O) groups is 1. The Bertz CT molecular complexity index is 874. The first-order chi connectivity index (χ1) is 11.2. The summed E-state index contributed by atoms with van der Waals surface area (Å²) in [7, 11) is 1.59. The molecule has 0 unspecified atom stereocenters. The molecule has 0 amide bonds. The largest absolute Gasteiger partial charge is 0.378 e. The van der Waals surface area contributed by atoms with Crippen LogP contribution in [0.25, 0.3) is 16.6 Å². The van der Waals surface area contributed by atoms with E-state index in [1.54, 1.807) is 19.5 Å². The molecule has 0 bridgehead atoms. The van der Waals surface area contributed by atoms with E-state index in [9.17, 15) is 4.79 Å². The molecule has 6 heteroatoms. The highest BCUT2D eigenvalue weighted by molar-refractivity contribution is 9.10. The van der Waals surface area contributed by atoms with Gasteiger partial charge in [0.05, 0.1) is 23.4 Å². The minimum absolute atomic E-state index is 0.278. The van der Waals surface area contributed by atoms with Gasteiger partial charge in [0, 0.05) is 40.8 Å². The molecule has 23 heavy (non-hydrogen) atoms. The Balaban J connectivity index is 2.40. The fourth-order valence-electron chi connectivity index (χ4n) is 2.73. The number of ether oxygens (including phenoxy) is 1. The van der Waals surface area contributed by atoms with Crippen LogP contribution in [-0.4, -0.2) is 28.0 Å². The SMILES string of the molecule is CCc1ccc2c(-c3cncc(Br)c3)c(C=O)c(COC)nn12. The summed E-state index contributed by atoms with van der Waals surface area (Å²) in [5.41, 5.74) is 4.83. The molecule has 3 rings (SSSR count). The summed E-state index contributed by atoms with van der Waals surface area (Å²) in [5.74, 6) is 0. The number of fused-ring (bicyclic) bond motifs is 1. The zero-order valence-corrected chi connectivity index (χ0v) is 14.5. The molecule has 0 saturated heterocycles. The van der Waals surface area contributed by atoms with Gasteiger partial charge in [0.2, 0.25) is 0 Å². The highest BCUT2D eigenvalue weighted by Gasteiger charge is 2.18. The lowest BCUT2D eigenvalue weighted by Crippen LogP contribution is -2.09. The average molecular weight is 374 g/mol. The molecule has 0 fully saturated rings. The first-order valence-corrected chi connectivity index (χ1v) is 8.07. The molecule has 0 atom stereocenters. The van der Waals surface area contributed by atoms with Gasteiger partial charge in [-0.3, -0.25) is 9.78 Å². The molecular weight excluding hydrogens is 358 g/mol. The standard InChI is InChI=1S/C17H16BrN3O2/c1-3-13-4-5-16-17(11-6-12(18)8-19-7-11)14(9-22)15(10-23-2)20-21(13)16/h4-9H,3,10H2,1-2H3. The lowest BCUT2D eigenvalue weighted by Gasteiger charge is -2.13. The lowest BCUT2D eigenvalue weighted by atomic mass is 10.0. The fraction of sp³-hybridized carbons (Fsp3) is 0.235. The van der Waals surface area contributed by atoms with Crippen LogP contribution in [0.5, 0.6) is 0 Å². The average Bonchev–Trinajstić information content (AvgIpc) is 2.96. The van der Waals surface area contributed by atoms with Gasteiger partial charge in [-0.25, -0.2) is 4.52 Å². The van der Waals surface area contributed by atoms with Crippen molar-refractivity contribution in [1.82, 2.24) is 14.6 Å². The van der Waals surface area contributed by atoms with Gasteiger partial charge in [-0.1, -0.05) is 6.92 Å². The number of aryl methyl sites for hydroxylation is 1. The minimum Gasteiger partial charge on any atom is -0.378 e. The van der Waals surface area contributed by atoms with Crippen molar-refractivity contribution in [2.24, 2.45) is 0 Å². The molecule has 118 valence electrons. The van der Waals surface area contributed by atoms with E-state index in [4.69, 9.17) is 4.74 Å². The van der Waals surface area contributed by atoms with Gasteiger partial charge in [0.1, 0.15) is 0 Å². The number of halogens is 1. The second-order valence-corrected chi connectivity index (χ2v) is 6.07. The number of methoxy groups -OCH3 is 1. The number of pyridine rings is 1. The number of aldehydes is 1. The third-order valence-corrected chi connectivity index (χ3v) is 4.18. The van der Waals surface area contributed by atoms with Gasteiger partial charge in [0.15, 0.2) is 6.29 Å². The van der Waals surface area contributed by atoms with Gasteiger partial charge in [-0.05, 0) is 40.5 Å². The van der Waals surface area contributed by atoms with Crippen LogP contribution >= 0.6 is 15.9 Å². The Morgan fingerprint density at radius 3 is 2.83 bits per heavy atom. The maximum Gasteiger partial charge on any atom is 0.152 e. The van der Waals surface area contributed by atoms with E-state index in [0.29, 0.717) is 11.3 Å². The first kappa shape index (κ1) is 15.8. The summed E-state index contributed by atoms with van der Waals surface area (Å²) in [6.45, 7) is 2.35. The molecule has 3 aromatic heterocycles. The second-order valence-electron chi connectivity index (χ2n) is 5.15. The Morgan fingerprint density at radius 2 is 2.17 bits per heavy atom. The molecule has 0 radical (unpaired) electrons. The number of aromatic nitrogens is 3. The number of hydrogen-bond donors (Lipinski definition) is 0. The predicted molar refractivity (Wildman–Crippen MR) is 91.6 cm³/mol. The maximum atomic E-state index is 11.8. The third-order valence-electron chi connectivity index (χ3n) is 3.75. The Morgan fingerprint density at radius 1 is 1.35 bits per heavy atom. The molecule has 3 heterocycles. The van der Waals surface area contributed by atoms with Gasteiger partial charge in [-0.2, -0.15) is 5.10 Å². The Hall–Kier alpha value is -2.05. The summed E-state index contributed by atoms with van der Waals surface area (Å²) in [6.07, 6.45) is 5.16. The highest BCUT2D eigenvalue weighted by atomic mass is 79.9. The van der Waals surface area contributed by atoms with Crippen LogP contribution in [0.2, 0.25) is 0 Å². The topological polar surface area (TPSA) is 56.5 Å². The molecular formula is C17H16BrN3O2. The fourth-order valence-corrected chi connectivity index (χ4v) is 3.09. The highest BCUT2D eigenvalue weighted by Crippen LogP contribution is 2.31. The van der Waals surface area contributed by atoms with E-state index >= 15 is 0 Å². The van der Waals surface area contributed by atoms with Crippen molar-refractivity contribution in [1.29, 1.82) is 0 Å². The van der Waals surface area contributed by atoms with E-state index < -0.39 is 0 Å². The van der Waals surface area contributed by atoms with E-state index in [1.165, 1.54) is 0 Å². The molecule has 0 aliphatic heterocycles. The molecule has 0 spiro atoms. The van der Waals surface area contributed by atoms with Crippen molar-refractivity contribution < 1.29 is 9.53 Å². The molecule has 3 aromatic rings. The van der Waals surface area contributed by atoms with E-state index in [0.717, 1.165) is 39.5 Å². The van der Waals surface area contributed by atoms with E-state index in [-0.39, 0.29) is 6.61 Å². The van der Waals surface area contributed by atoms with E-state index in [1.807, 2.05) is 22.7 Å². The number of nitrogens with zero attached hydrogens (tertiary/aromatic N) is 3. The number of hydrogen-bond acceptors (Lipinski definition) is 4. The van der Waals surface area contributed by atoms with Crippen LogP contribution in [0, 0.1) is 0 Å². The minimum atomic E-state index is 0.278. The van der Waals surface area contributed by atoms with Gasteiger partial charge >= 0.3 is 0 Å². The van der Waals surface area contributed by atoms with Gasteiger partial charge < -0.3 is 4.74 Å². The van der Waals surface area contributed by atoms with Gasteiger partial charge in [0.25, 0.3) is 0 Å².